The van der Waals surface area contributed by atoms with Crippen LogP contribution in [0.5, 0.6) is 0 Å². The fourth-order valence-corrected chi connectivity index (χ4v) is 3.13. The summed E-state index contributed by atoms with van der Waals surface area (Å²) >= 11 is 0. The lowest BCUT2D eigenvalue weighted by Crippen LogP contribution is -2.26. The second kappa shape index (κ2) is 5.17. The highest BCUT2D eigenvalue weighted by Gasteiger charge is 2.22. The molecule has 2 aliphatic rings. The van der Waals surface area contributed by atoms with Crippen molar-refractivity contribution in [2.75, 3.05) is 6.54 Å². The summed E-state index contributed by atoms with van der Waals surface area (Å²) in [5.74, 6) is 0. The van der Waals surface area contributed by atoms with Crippen molar-refractivity contribution in [3.63, 3.8) is 0 Å². The van der Waals surface area contributed by atoms with E-state index in [9.17, 15) is 0 Å². The molecule has 4 heteroatoms. The van der Waals surface area contributed by atoms with Crippen LogP contribution in [0.4, 0.5) is 0 Å². The van der Waals surface area contributed by atoms with Crippen molar-refractivity contribution >= 4 is 0 Å². The van der Waals surface area contributed by atoms with E-state index in [4.69, 9.17) is 0 Å². The maximum Gasteiger partial charge on any atom is 0.0997 e. The van der Waals surface area contributed by atoms with Crippen LogP contribution in [0.25, 0.3) is 0 Å². The zero-order chi connectivity index (χ0) is 11.5. The number of hydrogen-bond acceptors (Lipinski definition) is 3. The Hall–Kier alpha value is -0.900. The number of nitrogens with zero attached hydrogens (tertiary/aromatic N) is 3. The zero-order valence-corrected chi connectivity index (χ0v) is 10.5. The van der Waals surface area contributed by atoms with E-state index in [1.54, 1.807) is 0 Å². The van der Waals surface area contributed by atoms with E-state index in [-0.39, 0.29) is 0 Å². The minimum Gasteiger partial charge on any atom is -0.311 e. The Bertz CT molecular complexity index is 363. The van der Waals surface area contributed by atoms with Crippen LogP contribution in [0.1, 0.15) is 62.4 Å². The van der Waals surface area contributed by atoms with E-state index in [1.807, 2.05) is 0 Å². The van der Waals surface area contributed by atoms with Crippen LogP contribution < -0.4 is 5.32 Å². The van der Waals surface area contributed by atoms with Crippen LogP contribution in [0, 0.1) is 0 Å². The Morgan fingerprint density at radius 2 is 1.82 bits per heavy atom. The third kappa shape index (κ3) is 2.37. The van der Waals surface area contributed by atoms with Crippen LogP contribution in [-0.4, -0.2) is 21.5 Å². The van der Waals surface area contributed by atoms with Gasteiger partial charge in [0.2, 0.25) is 0 Å². The van der Waals surface area contributed by atoms with Gasteiger partial charge in [-0.3, -0.25) is 0 Å². The first-order chi connectivity index (χ1) is 8.45. The average Bonchev–Trinajstić information content (AvgIpc) is 2.73. The predicted octanol–water partition coefficient (Wildman–Crippen LogP) is 2.21. The lowest BCUT2D eigenvalue weighted by atomic mass is 9.96. The maximum atomic E-state index is 4.42. The van der Waals surface area contributed by atoms with E-state index >= 15 is 0 Å². The lowest BCUT2D eigenvalue weighted by Gasteiger charge is -2.23. The molecule has 1 fully saturated rings. The van der Waals surface area contributed by atoms with Crippen molar-refractivity contribution in [1.82, 2.24) is 20.3 Å². The van der Waals surface area contributed by atoms with Gasteiger partial charge in [0.1, 0.15) is 0 Å². The molecule has 0 spiro atoms. The van der Waals surface area contributed by atoms with Crippen molar-refractivity contribution in [2.24, 2.45) is 0 Å². The smallest absolute Gasteiger partial charge is 0.0997 e. The monoisotopic (exact) mass is 234 g/mol. The van der Waals surface area contributed by atoms with Gasteiger partial charge in [-0.15, -0.1) is 5.10 Å². The normalized spacial score (nSPS) is 22.8. The minimum absolute atomic E-state index is 0.615. The van der Waals surface area contributed by atoms with E-state index in [1.165, 1.54) is 56.3 Å². The molecule has 1 aliphatic carbocycles. The SMILES string of the molecule is C1CCCC(n2nnc3c2CCNC3)CCC1. The summed E-state index contributed by atoms with van der Waals surface area (Å²) < 4.78 is 2.25. The molecule has 0 saturated heterocycles. The van der Waals surface area contributed by atoms with Gasteiger partial charge in [-0.25, -0.2) is 4.68 Å². The molecular weight excluding hydrogens is 212 g/mol. The number of hydrogen-bond donors (Lipinski definition) is 1. The summed E-state index contributed by atoms with van der Waals surface area (Å²) in [4.78, 5) is 0. The second-order valence-corrected chi connectivity index (χ2v) is 5.35. The van der Waals surface area contributed by atoms with E-state index in [2.05, 4.69) is 20.3 Å². The fraction of sp³-hybridized carbons (Fsp3) is 0.846. The van der Waals surface area contributed by atoms with Gasteiger partial charge in [-0.05, 0) is 12.8 Å². The Kier molecular flexibility index (Phi) is 3.41. The highest BCUT2D eigenvalue weighted by molar-refractivity contribution is 5.14. The predicted molar refractivity (Wildman–Crippen MR) is 66.8 cm³/mol. The van der Waals surface area contributed by atoms with Gasteiger partial charge in [0.05, 0.1) is 17.4 Å². The van der Waals surface area contributed by atoms with Gasteiger partial charge in [-0.1, -0.05) is 37.3 Å². The van der Waals surface area contributed by atoms with Crippen molar-refractivity contribution in [2.45, 2.75) is 64.0 Å². The molecule has 2 heterocycles. The molecular formula is C13H22N4. The topological polar surface area (TPSA) is 42.7 Å². The van der Waals surface area contributed by atoms with Crippen molar-refractivity contribution < 1.29 is 0 Å². The van der Waals surface area contributed by atoms with Gasteiger partial charge < -0.3 is 5.32 Å². The molecule has 1 aromatic rings. The van der Waals surface area contributed by atoms with E-state index in [0.717, 1.165) is 19.5 Å². The van der Waals surface area contributed by atoms with Gasteiger partial charge in [0.15, 0.2) is 0 Å². The number of rotatable bonds is 1. The molecule has 4 nitrogen and oxygen atoms in total. The third-order valence-corrected chi connectivity index (χ3v) is 4.12. The summed E-state index contributed by atoms with van der Waals surface area (Å²) in [6.45, 7) is 1.98. The Morgan fingerprint density at radius 1 is 1.06 bits per heavy atom. The zero-order valence-electron chi connectivity index (χ0n) is 10.5. The summed E-state index contributed by atoms with van der Waals surface area (Å²) in [5.41, 5.74) is 2.58. The first kappa shape index (κ1) is 11.2. The van der Waals surface area contributed by atoms with Crippen LogP contribution in [-0.2, 0) is 13.0 Å². The van der Waals surface area contributed by atoms with Crippen molar-refractivity contribution in [3.05, 3.63) is 11.4 Å². The van der Waals surface area contributed by atoms with Crippen LogP contribution in [0.3, 0.4) is 0 Å². The summed E-state index contributed by atoms with van der Waals surface area (Å²) in [6, 6.07) is 0.615. The molecule has 0 aromatic carbocycles. The first-order valence-corrected chi connectivity index (χ1v) is 7.09. The van der Waals surface area contributed by atoms with E-state index < -0.39 is 0 Å². The van der Waals surface area contributed by atoms with Gasteiger partial charge in [-0.2, -0.15) is 0 Å². The standard InChI is InChI=1S/C13H22N4/c1-2-4-6-11(7-5-3-1)17-13-8-9-14-10-12(13)15-16-17/h11,14H,1-10H2. The van der Waals surface area contributed by atoms with E-state index in [0.29, 0.717) is 6.04 Å². The van der Waals surface area contributed by atoms with Gasteiger partial charge in [0.25, 0.3) is 0 Å². The van der Waals surface area contributed by atoms with Crippen LogP contribution >= 0.6 is 0 Å². The number of aromatic nitrogens is 3. The molecule has 0 atom stereocenters. The molecule has 94 valence electrons. The highest BCUT2D eigenvalue weighted by Crippen LogP contribution is 2.28. The highest BCUT2D eigenvalue weighted by atomic mass is 15.4. The first-order valence-electron chi connectivity index (χ1n) is 7.09. The van der Waals surface area contributed by atoms with Crippen LogP contribution in [0.15, 0.2) is 0 Å². The molecule has 17 heavy (non-hydrogen) atoms. The average molecular weight is 234 g/mol. The van der Waals surface area contributed by atoms with Crippen LogP contribution in [0.2, 0.25) is 0 Å². The molecule has 0 bridgehead atoms. The summed E-state index contributed by atoms with van der Waals surface area (Å²) in [6.07, 6.45) is 10.6. The Balaban J connectivity index is 1.79. The largest absolute Gasteiger partial charge is 0.311 e. The Morgan fingerprint density at radius 3 is 2.65 bits per heavy atom. The molecule has 1 saturated carbocycles. The lowest BCUT2D eigenvalue weighted by molar-refractivity contribution is 0.333. The van der Waals surface area contributed by atoms with Crippen molar-refractivity contribution in [1.29, 1.82) is 0 Å². The minimum atomic E-state index is 0.615. The Labute approximate surface area is 103 Å². The van der Waals surface area contributed by atoms with Gasteiger partial charge in [0, 0.05) is 19.5 Å². The summed E-state index contributed by atoms with van der Waals surface area (Å²) in [5, 5.41) is 12.1. The maximum absolute atomic E-state index is 4.42. The second-order valence-electron chi connectivity index (χ2n) is 5.35. The quantitative estimate of drug-likeness (QED) is 0.810. The molecule has 1 aromatic heterocycles. The molecule has 0 unspecified atom stereocenters. The molecule has 3 rings (SSSR count). The molecule has 0 radical (unpaired) electrons. The van der Waals surface area contributed by atoms with Gasteiger partial charge >= 0.3 is 0 Å². The summed E-state index contributed by atoms with van der Waals surface area (Å²) in [7, 11) is 0. The molecule has 1 N–H and O–H groups in total. The van der Waals surface area contributed by atoms with Crippen molar-refractivity contribution in [3.8, 4) is 0 Å². The molecule has 1 aliphatic heterocycles. The molecule has 0 amide bonds. The number of nitrogens with one attached hydrogen (secondary N) is 1. The number of fused-ring (bicyclic) bond motifs is 1. The fourth-order valence-electron chi connectivity index (χ4n) is 3.13. The third-order valence-electron chi connectivity index (χ3n) is 4.12.